The van der Waals surface area contributed by atoms with Crippen molar-refractivity contribution >= 4 is 65.8 Å². The van der Waals surface area contributed by atoms with Gasteiger partial charge in [-0.1, -0.05) is 0 Å². The molecule has 2 aliphatic rings. The van der Waals surface area contributed by atoms with Crippen LogP contribution in [0.5, 0.6) is 23.0 Å². The number of hydrogen-bond acceptors (Lipinski definition) is 10. The van der Waals surface area contributed by atoms with E-state index >= 15 is 0 Å². The van der Waals surface area contributed by atoms with Gasteiger partial charge in [0.05, 0.1) is 20.4 Å². The fourth-order valence-electron chi connectivity index (χ4n) is 3.56. The first-order valence-electron chi connectivity index (χ1n) is 9.29. The van der Waals surface area contributed by atoms with Gasteiger partial charge in [-0.15, -0.1) is 45.3 Å². The number of hydrogen-bond donors (Lipinski definition) is 0. The molecule has 0 bridgehead atoms. The zero-order valence-corrected chi connectivity index (χ0v) is 18.6. The molecule has 0 aliphatic carbocycles. The third-order valence-corrected chi connectivity index (χ3v) is 9.11. The number of fused-ring (bicyclic) bond motifs is 4. The van der Waals surface area contributed by atoms with E-state index in [0.29, 0.717) is 26.4 Å². The first kappa shape index (κ1) is 17.3. The van der Waals surface area contributed by atoms with E-state index in [0.717, 1.165) is 63.2 Å². The maximum absolute atomic E-state index is 5.83. The standard InChI is InChI=1S/C20H12N2O4S4/c1-3-25-15-11(23-1)7-27-17(15)19-21-9-5-14-10(6-13(9)29-19)22-20(30-14)18-16-12(8-28-18)24-2-4-26-16/h5-8H,1-4H2. The minimum atomic E-state index is 0.575. The first-order valence-corrected chi connectivity index (χ1v) is 12.7. The van der Waals surface area contributed by atoms with Crippen LogP contribution in [-0.2, 0) is 0 Å². The molecule has 0 amide bonds. The molecule has 30 heavy (non-hydrogen) atoms. The summed E-state index contributed by atoms with van der Waals surface area (Å²) in [6, 6.07) is 4.25. The van der Waals surface area contributed by atoms with Crippen molar-refractivity contribution < 1.29 is 18.9 Å². The van der Waals surface area contributed by atoms with E-state index in [1.807, 2.05) is 10.8 Å². The monoisotopic (exact) mass is 472 g/mol. The molecule has 0 unspecified atom stereocenters. The van der Waals surface area contributed by atoms with Crippen LogP contribution >= 0.6 is 45.3 Å². The van der Waals surface area contributed by atoms with E-state index < -0.39 is 0 Å². The lowest BCUT2D eigenvalue weighted by Crippen LogP contribution is -2.14. The predicted molar refractivity (Wildman–Crippen MR) is 121 cm³/mol. The Bertz CT molecular complexity index is 1270. The van der Waals surface area contributed by atoms with Crippen LogP contribution in [0.1, 0.15) is 0 Å². The number of benzene rings is 1. The Morgan fingerprint density at radius 3 is 1.60 bits per heavy atom. The van der Waals surface area contributed by atoms with E-state index in [1.165, 1.54) is 0 Å². The number of thiophene rings is 2. The Kier molecular flexibility index (Phi) is 3.78. The summed E-state index contributed by atoms with van der Waals surface area (Å²) in [5.74, 6) is 3.27. The number of rotatable bonds is 2. The van der Waals surface area contributed by atoms with Crippen LogP contribution in [0, 0.1) is 0 Å². The van der Waals surface area contributed by atoms with Crippen molar-refractivity contribution in [1.82, 2.24) is 9.97 Å². The first-order chi connectivity index (χ1) is 14.8. The minimum absolute atomic E-state index is 0.575. The quantitative estimate of drug-likeness (QED) is 0.318. The normalized spacial score (nSPS) is 15.2. The molecule has 0 N–H and O–H groups in total. The Labute approximate surface area is 186 Å². The summed E-state index contributed by atoms with van der Waals surface area (Å²) in [6.45, 7) is 2.34. The molecule has 2 aliphatic heterocycles. The molecule has 6 heterocycles. The van der Waals surface area contributed by atoms with Crippen LogP contribution in [-0.4, -0.2) is 36.4 Å². The van der Waals surface area contributed by atoms with Crippen LogP contribution in [0.15, 0.2) is 22.9 Å². The van der Waals surface area contributed by atoms with E-state index in [4.69, 9.17) is 28.9 Å². The van der Waals surface area contributed by atoms with Crippen molar-refractivity contribution in [2.45, 2.75) is 0 Å². The number of ether oxygens (including phenoxy) is 4. The van der Waals surface area contributed by atoms with Crippen molar-refractivity contribution in [3.8, 4) is 42.8 Å². The highest BCUT2D eigenvalue weighted by Crippen LogP contribution is 2.49. The molecule has 6 nitrogen and oxygen atoms in total. The summed E-state index contributed by atoms with van der Waals surface area (Å²) in [5.41, 5.74) is 1.95. The second kappa shape index (κ2) is 6.55. The fraction of sp³-hybridized carbons (Fsp3) is 0.200. The molecule has 1 aromatic carbocycles. The average Bonchev–Trinajstić information content (AvgIpc) is 3.53. The predicted octanol–water partition coefficient (Wildman–Crippen LogP) is 5.91. The summed E-state index contributed by atoms with van der Waals surface area (Å²) in [6.07, 6.45) is 0. The van der Waals surface area contributed by atoms with E-state index in [1.54, 1.807) is 45.3 Å². The summed E-state index contributed by atoms with van der Waals surface area (Å²) >= 11 is 6.55. The van der Waals surface area contributed by atoms with Crippen molar-refractivity contribution in [2.75, 3.05) is 26.4 Å². The lowest BCUT2D eigenvalue weighted by molar-refractivity contribution is 0.174. The molecular weight excluding hydrogens is 460 g/mol. The highest BCUT2D eigenvalue weighted by Gasteiger charge is 2.24. The highest BCUT2D eigenvalue weighted by molar-refractivity contribution is 7.26. The van der Waals surface area contributed by atoms with E-state index in [2.05, 4.69) is 12.1 Å². The summed E-state index contributed by atoms with van der Waals surface area (Å²) in [7, 11) is 0. The molecule has 0 atom stereocenters. The molecule has 0 radical (unpaired) electrons. The van der Waals surface area contributed by atoms with Gasteiger partial charge in [-0.2, -0.15) is 0 Å². The molecule has 0 saturated carbocycles. The van der Waals surface area contributed by atoms with Crippen LogP contribution < -0.4 is 18.9 Å². The van der Waals surface area contributed by atoms with Crippen LogP contribution in [0.2, 0.25) is 0 Å². The molecule has 7 rings (SSSR count). The molecular formula is C20H12N2O4S4. The van der Waals surface area contributed by atoms with Gasteiger partial charge >= 0.3 is 0 Å². The Morgan fingerprint density at radius 2 is 1.10 bits per heavy atom. The number of nitrogens with zero attached hydrogens (tertiary/aromatic N) is 2. The molecule has 0 fully saturated rings. The van der Waals surface area contributed by atoms with Gasteiger partial charge < -0.3 is 18.9 Å². The van der Waals surface area contributed by atoms with E-state index in [9.17, 15) is 0 Å². The lowest BCUT2D eigenvalue weighted by Gasteiger charge is -2.15. The number of thiazole rings is 2. The minimum Gasteiger partial charge on any atom is -0.485 e. The second-order valence-electron chi connectivity index (χ2n) is 6.74. The van der Waals surface area contributed by atoms with E-state index in [-0.39, 0.29) is 0 Å². The maximum Gasteiger partial charge on any atom is 0.182 e. The Hall–Kier alpha value is -2.40. The Balaban J connectivity index is 1.32. The SMILES string of the molecule is c1sc(-c2nc3cc4sc(-c5scc6c5OCCO6)nc4cc3s2)c2c1OCCO2. The second-order valence-corrected chi connectivity index (χ2v) is 10.6. The summed E-state index contributed by atoms with van der Waals surface area (Å²) in [4.78, 5) is 11.8. The van der Waals surface area contributed by atoms with Crippen molar-refractivity contribution in [3.63, 3.8) is 0 Å². The summed E-state index contributed by atoms with van der Waals surface area (Å²) < 4.78 is 25.2. The Morgan fingerprint density at radius 1 is 0.633 bits per heavy atom. The van der Waals surface area contributed by atoms with Crippen molar-refractivity contribution in [3.05, 3.63) is 22.9 Å². The zero-order valence-electron chi connectivity index (χ0n) is 15.3. The van der Waals surface area contributed by atoms with Gasteiger partial charge in [-0.25, -0.2) is 9.97 Å². The van der Waals surface area contributed by atoms with Gasteiger partial charge in [0, 0.05) is 10.8 Å². The topological polar surface area (TPSA) is 62.7 Å². The smallest absolute Gasteiger partial charge is 0.182 e. The van der Waals surface area contributed by atoms with Crippen LogP contribution in [0.25, 0.3) is 40.2 Å². The maximum atomic E-state index is 5.83. The van der Waals surface area contributed by atoms with Crippen LogP contribution in [0.3, 0.4) is 0 Å². The number of aromatic nitrogens is 2. The van der Waals surface area contributed by atoms with Gasteiger partial charge in [0.15, 0.2) is 23.0 Å². The third-order valence-electron chi connectivity index (χ3n) is 4.89. The molecule has 150 valence electrons. The summed E-state index contributed by atoms with van der Waals surface area (Å²) in [5, 5.41) is 5.90. The average molecular weight is 473 g/mol. The van der Waals surface area contributed by atoms with Gasteiger partial charge in [0.1, 0.15) is 46.2 Å². The molecule has 10 heteroatoms. The molecule has 0 spiro atoms. The fourth-order valence-corrected chi connectivity index (χ4v) is 7.56. The van der Waals surface area contributed by atoms with Gasteiger partial charge in [-0.05, 0) is 12.1 Å². The third kappa shape index (κ3) is 2.57. The lowest BCUT2D eigenvalue weighted by atomic mass is 10.3. The van der Waals surface area contributed by atoms with Gasteiger partial charge in [0.2, 0.25) is 0 Å². The molecule has 0 saturated heterocycles. The highest BCUT2D eigenvalue weighted by atomic mass is 32.1. The van der Waals surface area contributed by atoms with Crippen LogP contribution in [0.4, 0.5) is 0 Å². The largest absolute Gasteiger partial charge is 0.485 e. The van der Waals surface area contributed by atoms with Gasteiger partial charge in [0.25, 0.3) is 0 Å². The zero-order chi connectivity index (χ0) is 19.7. The van der Waals surface area contributed by atoms with Crippen molar-refractivity contribution in [1.29, 1.82) is 0 Å². The van der Waals surface area contributed by atoms with Gasteiger partial charge in [-0.3, -0.25) is 0 Å². The molecule has 4 aromatic heterocycles. The van der Waals surface area contributed by atoms with Crippen molar-refractivity contribution in [2.24, 2.45) is 0 Å². The molecule has 5 aromatic rings.